The molecule has 0 amide bonds. The van der Waals surface area contributed by atoms with Crippen molar-refractivity contribution in [2.75, 3.05) is 31.7 Å². The van der Waals surface area contributed by atoms with Gasteiger partial charge < -0.3 is 9.64 Å². The summed E-state index contributed by atoms with van der Waals surface area (Å²) in [4.78, 5) is 2.13. The summed E-state index contributed by atoms with van der Waals surface area (Å²) < 4.78 is 6.96. The van der Waals surface area contributed by atoms with Gasteiger partial charge in [-0.1, -0.05) is 95.4 Å². The molecule has 2 nitrogen and oxygen atoms in total. The van der Waals surface area contributed by atoms with Gasteiger partial charge in [0, 0.05) is 11.0 Å². The summed E-state index contributed by atoms with van der Waals surface area (Å²) in [7, 11) is 4.11. The Morgan fingerprint density at radius 1 is 0.759 bits per heavy atom. The second-order valence-electron chi connectivity index (χ2n) is 7.20. The van der Waals surface area contributed by atoms with Crippen LogP contribution in [0.4, 0.5) is 0 Å². The molecule has 0 saturated heterocycles. The smallest absolute Gasteiger partial charge is 0.119 e. The van der Waals surface area contributed by atoms with Crippen molar-refractivity contribution < 1.29 is 4.74 Å². The normalized spacial score (nSPS) is 12.0. The fourth-order valence-corrected chi connectivity index (χ4v) is 3.87. The van der Waals surface area contributed by atoms with Crippen LogP contribution >= 0.6 is 22.6 Å². The van der Waals surface area contributed by atoms with Gasteiger partial charge in [0.15, 0.2) is 0 Å². The first kappa shape index (κ1) is 21.6. The standard InChI is InChI=1S/C26H28INO/c1-28(2)19-20-29-24-15-13-23(14-16-24)26(22-11-7-4-8-12-22)25(17-18-27)21-9-5-3-6-10-21/h3-16H,17-20H2,1-2H3/b26-25+. The number of halogens is 1. The topological polar surface area (TPSA) is 12.5 Å². The van der Waals surface area contributed by atoms with E-state index in [4.69, 9.17) is 4.74 Å². The lowest BCUT2D eigenvalue weighted by atomic mass is 9.88. The molecule has 0 saturated carbocycles. The van der Waals surface area contributed by atoms with Gasteiger partial charge in [-0.3, -0.25) is 0 Å². The maximum atomic E-state index is 5.89. The molecule has 0 aliphatic carbocycles. The predicted octanol–water partition coefficient (Wildman–Crippen LogP) is 6.41. The van der Waals surface area contributed by atoms with Crippen LogP contribution < -0.4 is 4.74 Å². The van der Waals surface area contributed by atoms with Crippen LogP contribution in [0.25, 0.3) is 11.1 Å². The third-order valence-electron chi connectivity index (χ3n) is 4.78. The van der Waals surface area contributed by atoms with E-state index in [0.29, 0.717) is 6.61 Å². The summed E-state index contributed by atoms with van der Waals surface area (Å²) in [6.45, 7) is 1.60. The molecule has 150 valence electrons. The van der Waals surface area contributed by atoms with Gasteiger partial charge in [0.1, 0.15) is 12.4 Å². The van der Waals surface area contributed by atoms with Crippen LogP contribution in [-0.4, -0.2) is 36.6 Å². The Bertz CT molecular complexity index is 902. The Morgan fingerprint density at radius 2 is 1.31 bits per heavy atom. The predicted molar refractivity (Wildman–Crippen MR) is 133 cm³/mol. The summed E-state index contributed by atoms with van der Waals surface area (Å²) in [5, 5.41) is 0. The molecule has 0 aliphatic rings. The number of benzene rings is 3. The number of likely N-dealkylation sites (N-methyl/N-ethyl adjacent to an activating group) is 1. The van der Waals surface area contributed by atoms with Crippen LogP contribution in [0.15, 0.2) is 84.9 Å². The largest absolute Gasteiger partial charge is 0.492 e. The lowest BCUT2D eigenvalue weighted by Crippen LogP contribution is -2.19. The highest BCUT2D eigenvalue weighted by molar-refractivity contribution is 14.1. The molecular formula is C26H28INO. The molecule has 0 aromatic heterocycles. The lowest BCUT2D eigenvalue weighted by Gasteiger charge is -2.17. The van der Waals surface area contributed by atoms with E-state index >= 15 is 0 Å². The maximum absolute atomic E-state index is 5.89. The summed E-state index contributed by atoms with van der Waals surface area (Å²) in [5.74, 6) is 0.915. The zero-order valence-corrected chi connectivity index (χ0v) is 19.3. The molecule has 0 fully saturated rings. The summed E-state index contributed by atoms with van der Waals surface area (Å²) in [6.07, 6.45) is 1.02. The highest BCUT2D eigenvalue weighted by Gasteiger charge is 2.14. The van der Waals surface area contributed by atoms with E-state index < -0.39 is 0 Å². The highest BCUT2D eigenvalue weighted by Crippen LogP contribution is 2.35. The quantitative estimate of drug-likeness (QED) is 0.192. The van der Waals surface area contributed by atoms with Gasteiger partial charge in [0.05, 0.1) is 0 Å². The first-order chi connectivity index (χ1) is 14.2. The Labute approximate surface area is 188 Å². The molecule has 0 bridgehead atoms. The molecule has 0 aliphatic heterocycles. The van der Waals surface area contributed by atoms with Crippen LogP contribution in [0.3, 0.4) is 0 Å². The van der Waals surface area contributed by atoms with Crippen molar-refractivity contribution in [3.05, 3.63) is 102 Å². The van der Waals surface area contributed by atoms with Gasteiger partial charge in [-0.05, 0) is 60.5 Å². The fraction of sp³-hybridized carbons (Fsp3) is 0.231. The summed E-state index contributed by atoms with van der Waals surface area (Å²) >= 11 is 2.47. The van der Waals surface area contributed by atoms with Gasteiger partial charge in [-0.25, -0.2) is 0 Å². The Balaban J connectivity index is 2.02. The Hall–Kier alpha value is -2.11. The molecule has 3 aromatic carbocycles. The third-order valence-corrected chi connectivity index (χ3v) is 5.32. The van der Waals surface area contributed by atoms with Gasteiger partial charge in [0.25, 0.3) is 0 Å². The molecule has 3 aromatic rings. The first-order valence-corrected chi connectivity index (χ1v) is 11.5. The molecule has 0 atom stereocenters. The summed E-state index contributed by atoms with van der Waals surface area (Å²) in [6, 6.07) is 30.0. The second kappa shape index (κ2) is 11.2. The molecule has 0 heterocycles. The highest BCUT2D eigenvalue weighted by atomic mass is 127. The maximum Gasteiger partial charge on any atom is 0.119 e. The van der Waals surface area contributed by atoms with Crippen LogP contribution in [-0.2, 0) is 0 Å². The van der Waals surface area contributed by atoms with E-state index in [1.165, 1.54) is 27.8 Å². The monoisotopic (exact) mass is 497 g/mol. The van der Waals surface area contributed by atoms with E-state index in [1.807, 2.05) is 0 Å². The minimum absolute atomic E-state index is 0.692. The van der Waals surface area contributed by atoms with Crippen LogP contribution in [0.2, 0.25) is 0 Å². The van der Waals surface area contributed by atoms with E-state index in [0.717, 1.165) is 23.1 Å². The zero-order valence-electron chi connectivity index (χ0n) is 17.1. The van der Waals surface area contributed by atoms with Crippen molar-refractivity contribution in [2.24, 2.45) is 0 Å². The number of nitrogens with zero attached hydrogens (tertiary/aromatic N) is 1. The van der Waals surface area contributed by atoms with E-state index in [1.54, 1.807) is 0 Å². The van der Waals surface area contributed by atoms with Crippen LogP contribution in [0.5, 0.6) is 5.75 Å². The fourth-order valence-electron chi connectivity index (χ4n) is 3.33. The van der Waals surface area contributed by atoms with Gasteiger partial charge >= 0.3 is 0 Å². The minimum atomic E-state index is 0.692. The number of rotatable bonds is 9. The molecule has 0 radical (unpaired) electrons. The van der Waals surface area contributed by atoms with E-state index in [2.05, 4.69) is 127 Å². The lowest BCUT2D eigenvalue weighted by molar-refractivity contribution is 0.261. The molecule has 0 spiro atoms. The molecule has 29 heavy (non-hydrogen) atoms. The minimum Gasteiger partial charge on any atom is -0.492 e. The molecule has 0 unspecified atom stereocenters. The average Bonchev–Trinajstić information content (AvgIpc) is 2.75. The zero-order chi connectivity index (χ0) is 20.5. The Morgan fingerprint density at radius 3 is 1.86 bits per heavy atom. The van der Waals surface area contributed by atoms with Crippen molar-refractivity contribution in [3.63, 3.8) is 0 Å². The van der Waals surface area contributed by atoms with Gasteiger partial charge in [-0.15, -0.1) is 0 Å². The van der Waals surface area contributed by atoms with Crippen molar-refractivity contribution in [2.45, 2.75) is 6.42 Å². The van der Waals surface area contributed by atoms with Crippen molar-refractivity contribution in [3.8, 4) is 5.75 Å². The van der Waals surface area contributed by atoms with Gasteiger partial charge in [0.2, 0.25) is 0 Å². The number of hydrogen-bond acceptors (Lipinski definition) is 2. The number of hydrogen-bond donors (Lipinski definition) is 0. The average molecular weight is 497 g/mol. The third kappa shape index (κ3) is 6.18. The van der Waals surface area contributed by atoms with Crippen molar-refractivity contribution >= 4 is 33.7 Å². The number of alkyl halides is 1. The molecule has 0 N–H and O–H groups in total. The summed E-state index contributed by atoms with van der Waals surface area (Å²) in [5.41, 5.74) is 6.44. The van der Waals surface area contributed by atoms with Gasteiger partial charge in [-0.2, -0.15) is 0 Å². The molecule has 3 rings (SSSR count). The molecule has 3 heteroatoms. The Kier molecular flexibility index (Phi) is 8.32. The first-order valence-electron chi connectivity index (χ1n) is 9.97. The SMILES string of the molecule is CN(C)CCOc1ccc(/C(=C(\CCI)c2ccccc2)c2ccccc2)cc1. The van der Waals surface area contributed by atoms with Crippen LogP contribution in [0.1, 0.15) is 23.1 Å². The van der Waals surface area contributed by atoms with Crippen molar-refractivity contribution in [1.82, 2.24) is 4.90 Å². The number of allylic oxidation sites excluding steroid dienone is 1. The second-order valence-corrected chi connectivity index (χ2v) is 8.28. The molecular weight excluding hydrogens is 469 g/mol. The number of ether oxygens (including phenoxy) is 1. The van der Waals surface area contributed by atoms with Crippen LogP contribution in [0, 0.1) is 0 Å². The van der Waals surface area contributed by atoms with Crippen molar-refractivity contribution in [1.29, 1.82) is 0 Å². The van der Waals surface area contributed by atoms with E-state index in [9.17, 15) is 0 Å². The van der Waals surface area contributed by atoms with E-state index in [-0.39, 0.29) is 0 Å².